The van der Waals surface area contributed by atoms with Gasteiger partial charge >= 0.3 is 12.1 Å². The molecule has 2 aromatic rings. The molecule has 1 aliphatic heterocycles. The molecule has 0 spiro atoms. The second kappa shape index (κ2) is 8.90. The summed E-state index contributed by atoms with van der Waals surface area (Å²) in [5.41, 5.74) is 4.32. The number of alkyl halides is 2. The summed E-state index contributed by atoms with van der Waals surface area (Å²) in [6, 6.07) is 14.1. The van der Waals surface area contributed by atoms with Crippen molar-refractivity contribution in [2.75, 3.05) is 19.7 Å². The number of halogens is 2. The van der Waals surface area contributed by atoms with Crippen LogP contribution in [0, 0.1) is 11.8 Å². The van der Waals surface area contributed by atoms with Crippen molar-refractivity contribution in [3.63, 3.8) is 0 Å². The lowest BCUT2D eigenvalue weighted by atomic mass is 9.98. The number of likely N-dealkylation sites (tertiary alicyclic amines) is 1. The van der Waals surface area contributed by atoms with E-state index in [9.17, 15) is 23.2 Å². The van der Waals surface area contributed by atoms with Crippen LogP contribution in [0.2, 0.25) is 0 Å². The van der Waals surface area contributed by atoms with E-state index >= 15 is 0 Å². The number of benzene rings is 2. The third kappa shape index (κ3) is 4.65. The Morgan fingerprint density at radius 2 is 1.70 bits per heavy atom. The smallest absolute Gasteiger partial charge is 0.407 e. The van der Waals surface area contributed by atoms with E-state index < -0.39 is 42.9 Å². The van der Waals surface area contributed by atoms with Gasteiger partial charge in [0, 0.05) is 12.3 Å². The standard InChI is InChI=1S/C24H20F2N2O5/c25-24(26)12-20(22(30)31)28(14-24)21(29)10-5-11-27-23(32)33-13-19-17-8-3-1-6-15(17)16-7-2-4-9-18(16)19/h1-4,6-9,19-20H,11-14H2,(H,27,32)(H,30,31)/t20-/m0/s1. The van der Waals surface area contributed by atoms with Crippen LogP contribution in [-0.4, -0.2) is 59.6 Å². The number of nitrogens with one attached hydrogen (secondary N) is 1. The van der Waals surface area contributed by atoms with Gasteiger partial charge in [-0.05, 0) is 28.2 Å². The molecular weight excluding hydrogens is 434 g/mol. The molecule has 33 heavy (non-hydrogen) atoms. The minimum atomic E-state index is -3.28. The molecule has 0 radical (unpaired) electrons. The molecule has 1 heterocycles. The maximum atomic E-state index is 13.5. The fourth-order valence-electron chi connectivity index (χ4n) is 4.21. The topological polar surface area (TPSA) is 95.9 Å². The number of alkyl carbamates (subject to hydrolysis) is 1. The largest absolute Gasteiger partial charge is 0.480 e. The summed E-state index contributed by atoms with van der Waals surface area (Å²) < 4.78 is 32.3. The Bertz CT molecular complexity index is 1130. The molecule has 9 heteroatoms. The number of hydrogen-bond donors (Lipinski definition) is 2. The molecule has 4 rings (SSSR count). The summed E-state index contributed by atoms with van der Waals surface area (Å²) in [7, 11) is 0. The number of carboxylic acids is 1. The highest BCUT2D eigenvalue weighted by Crippen LogP contribution is 2.44. The quantitative estimate of drug-likeness (QED) is 0.693. The summed E-state index contributed by atoms with van der Waals surface area (Å²) in [5.74, 6) is -1.49. The second-order valence-electron chi connectivity index (χ2n) is 7.83. The van der Waals surface area contributed by atoms with Crippen molar-refractivity contribution < 1.29 is 33.0 Å². The number of hydrogen-bond acceptors (Lipinski definition) is 4. The van der Waals surface area contributed by atoms with Crippen molar-refractivity contribution in [2.24, 2.45) is 0 Å². The van der Waals surface area contributed by atoms with Crippen molar-refractivity contribution in [3.05, 3.63) is 59.7 Å². The molecule has 2 aromatic carbocycles. The average Bonchev–Trinajstić information content (AvgIpc) is 3.29. The lowest BCUT2D eigenvalue weighted by Crippen LogP contribution is -2.40. The van der Waals surface area contributed by atoms with Crippen molar-refractivity contribution in [3.8, 4) is 23.0 Å². The zero-order valence-corrected chi connectivity index (χ0v) is 17.4. The Morgan fingerprint density at radius 1 is 1.09 bits per heavy atom. The number of aliphatic carboxylic acids is 1. The van der Waals surface area contributed by atoms with E-state index in [-0.39, 0.29) is 19.1 Å². The van der Waals surface area contributed by atoms with Gasteiger partial charge in [0.05, 0.1) is 13.1 Å². The first-order valence-electron chi connectivity index (χ1n) is 10.3. The lowest BCUT2D eigenvalue weighted by molar-refractivity contribution is -0.146. The van der Waals surface area contributed by atoms with Gasteiger partial charge in [-0.15, -0.1) is 0 Å². The van der Waals surface area contributed by atoms with Gasteiger partial charge in [0.15, 0.2) is 0 Å². The van der Waals surface area contributed by atoms with Gasteiger partial charge in [-0.3, -0.25) is 4.79 Å². The molecule has 1 fully saturated rings. The fourth-order valence-corrected chi connectivity index (χ4v) is 4.21. The lowest BCUT2D eigenvalue weighted by Gasteiger charge is -2.17. The fraction of sp³-hybridized carbons (Fsp3) is 0.292. The van der Waals surface area contributed by atoms with Crippen LogP contribution in [0.15, 0.2) is 48.5 Å². The molecular formula is C24H20F2N2O5. The van der Waals surface area contributed by atoms with Crippen LogP contribution in [0.5, 0.6) is 0 Å². The number of carbonyl (C=O) groups is 3. The third-order valence-corrected chi connectivity index (χ3v) is 5.68. The van der Waals surface area contributed by atoms with Crippen molar-refractivity contribution in [1.82, 2.24) is 10.2 Å². The van der Waals surface area contributed by atoms with Gasteiger partial charge in [-0.2, -0.15) is 0 Å². The predicted octanol–water partition coefficient (Wildman–Crippen LogP) is 2.85. The molecule has 1 saturated heterocycles. The third-order valence-electron chi connectivity index (χ3n) is 5.68. The van der Waals surface area contributed by atoms with E-state index in [2.05, 4.69) is 17.2 Å². The van der Waals surface area contributed by atoms with E-state index in [1.54, 1.807) is 0 Å². The maximum Gasteiger partial charge on any atom is 0.407 e. The van der Waals surface area contributed by atoms with E-state index in [0.717, 1.165) is 22.3 Å². The van der Waals surface area contributed by atoms with Crippen molar-refractivity contribution in [2.45, 2.75) is 24.3 Å². The van der Waals surface area contributed by atoms with Crippen LogP contribution in [-0.2, 0) is 14.3 Å². The Balaban J connectivity index is 1.30. The molecule has 7 nitrogen and oxygen atoms in total. The Morgan fingerprint density at radius 3 is 2.30 bits per heavy atom. The molecule has 170 valence electrons. The highest BCUT2D eigenvalue weighted by Gasteiger charge is 2.49. The summed E-state index contributed by atoms with van der Waals surface area (Å²) in [4.78, 5) is 35.8. The van der Waals surface area contributed by atoms with Gasteiger partial charge in [0.25, 0.3) is 11.8 Å². The summed E-state index contributed by atoms with van der Waals surface area (Å²) >= 11 is 0. The van der Waals surface area contributed by atoms with Crippen LogP contribution in [0.3, 0.4) is 0 Å². The zero-order chi connectivity index (χ0) is 23.6. The van der Waals surface area contributed by atoms with Crippen LogP contribution < -0.4 is 5.32 Å². The van der Waals surface area contributed by atoms with E-state index in [1.165, 1.54) is 0 Å². The van der Waals surface area contributed by atoms with Gasteiger partial charge in [0.1, 0.15) is 12.6 Å². The van der Waals surface area contributed by atoms with Crippen molar-refractivity contribution >= 4 is 18.0 Å². The van der Waals surface area contributed by atoms with Crippen LogP contribution in [0.25, 0.3) is 11.1 Å². The molecule has 2 amide bonds. The summed E-state index contributed by atoms with van der Waals surface area (Å²) in [6.45, 7) is -1.16. The Labute approximate surface area is 188 Å². The van der Waals surface area contributed by atoms with Crippen LogP contribution in [0.4, 0.5) is 13.6 Å². The monoisotopic (exact) mass is 454 g/mol. The molecule has 0 bridgehead atoms. The highest BCUT2D eigenvalue weighted by molar-refractivity contribution is 5.96. The molecule has 1 atom stereocenters. The number of rotatable bonds is 4. The number of amides is 2. The zero-order valence-electron chi connectivity index (χ0n) is 17.4. The molecule has 0 saturated carbocycles. The van der Waals surface area contributed by atoms with Crippen LogP contribution >= 0.6 is 0 Å². The first kappa shape index (κ1) is 22.3. The number of ether oxygens (including phenoxy) is 1. The maximum absolute atomic E-state index is 13.5. The number of nitrogens with zero attached hydrogens (tertiary/aromatic N) is 1. The van der Waals surface area contributed by atoms with Gasteiger partial charge in [-0.25, -0.2) is 18.4 Å². The molecule has 0 unspecified atom stereocenters. The first-order chi connectivity index (χ1) is 15.8. The number of carboxylic acid groups (broad SMARTS) is 1. The molecule has 2 N–H and O–H groups in total. The van der Waals surface area contributed by atoms with E-state index in [4.69, 9.17) is 9.84 Å². The van der Waals surface area contributed by atoms with Crippen LogP contribution in [0.1, 0.15) is 23.5 Å². The molecule has 0 aromatic heterocycles. The predicted molar refractivity (Wildman–Crippen MR) is 114 cm³/mol. The SMILES string of the molecule is O=C(NCC#CC(=O)N1CC(F)(F)C[C@H]1C(=O)O)OCC1c2ccccc2-c2ccccc21. The minimum absolute atomic E-state index is 0.107. The Hall–Kier alpha value is -3.93. The average molecular weight is 454 g/mol. The van der Waals surface area contributed by atoms with Gasteiger partial charge in [0.2, 0.25) is 0 Å². The summed E-state index contributed by atoms with van der Waals surface area (Å²) in [5, 5.41) is 11.4. The van der Waals surface area contributed by atoms with Crippen molar-refractivity contribution in [1.29, 1.82) is 0 Å². The second-order valence-corrected chi connectivity index (χ2v) is 7.83. The first-order valence-corrected chi connectivity index (χ1v) is 10.3. The minimum Gasteiger partial charge on any atom is -0.480 e. The molecule has 1 aliphatic carbocycles. The Kier molecular flexibility index (Phi) is 6.01. The normalized spacial score (nSPS) is 18.0. The number of fused-ring (bicyclic) bond motifs is 3. The van der Waals surface area contributed by atoms with Gasteiger partial charge in [-0.1, -0.05) is 54.5 Å². The molecule has 2 aliphatic rings. The van der Waals surface area contributed by atoms with Gasteiger partial charge < -0.3 is 20.1 Å². The van der Waals surface area contributed by atoms with E-state index in [1.807, 2.05) is 48.5 Å². The highest BCUT2D eigenvalue weighted by atomic mass is 19.3. The summed E-state index contributed by atoms with van der Waals surface area (Å²) in [6.07, 6.45) is -1.69. The number of carbonyl (C=O) groups excluding carboxylic acids is 2. The van der Waals surface area contributed by atoms with E-state index in [0.29, 0.717) is 4.90 Å².